The second-order valence-electron chi connectivity index (χ2n) is 3.94. The molecule has 0 radical (unpaired) electrons. The number of hydrogen-bond acceptors (Lipinski definition) is 5. The van der Waals surface area contributed by atoms with Gasteiger partial charge < -0.3 is 10.6 Å². The van der Waals surface area contributed by atoms with Crippen molar-refractivity contribution in [2.75, 3.05) is 13.1 Å². The maximum absolute atomic E-state index is 11.4. The van der Waals surface area contributed by atoms with E-state index in [0.29, 0.717) is 6.54 Å². The summed E-state index contributed by atoms with van der Waals surface area (Å²) in [4.78, 5) is 11.4. The molecule has 2 N–H and O–H groups in total. The van der Waals surface area contributed by atoms with Gasteiger partial charge in [-0.2, -0.15) is 0 Å². The molecule has 1 aliphatic rings. The number of hydrogen-bond donors (Lipinski definition) is 2. The van der Waals surface area contributed by atoms with Crippen LogP contribution in [0.4, 0.5) is 0 Å². The van der Waals surface area contributed by atoms with E-state index in [1.165, 1.54) is 23.9 Å². The lowest BCUT2D eigenvalue weighted by atomic mass is 10.4. The topological polar surface area (TPSA) is 84.7 Å². The lowest BCUT2D eigenvalue weighted by molar-refractivity contribution is -0.121. The van der Waals surface area contributed by atoms with Crippen molar-refractivity contribution in [1.82, 2.24) is 30.8 Å². The van der Waals surface area contributed by atoms with Crippen LogP contribution in [0.25, 0.3) is 0 Å². The molecule has 0 aliphatic heterocycles. The molecule has 0 atom stereocenters. The zero-order valence-corrected chi connectivity index (χ0v) is 9.09. The van der Waals surface area contributed by atoms with Crippen LogP contribution < -0.4 is 10.6 Å². The Balaban J connectivity index is 1.50. The van der Waals surface area contributed by atoms with Gasteiger partial charge in [-0.05, 0) is 36.2 Å². The second-order valence-corrected chi connectivity index (χ2v) is 3.94. The highest BCUT2D eigenvalue weighted by Crippen LogP contribution is 2.18. The van der Waals surface area contributed by atoms with Crippen molar-refractivity contribution >= 4 is 5.91 Å². The third-order valence-electron chi connectivity index (χ3n) is 2.38. The van der Waals surface area contributed by atoms with Crippen molar-refractivity contribution in [2.24, 2.45) is 0 Å². The lowest BCUT2D eigenvalue weighted by Crippen LogP contribution is -2.30. The maximum atomic E-state index is 11.4. The van der Waals surface area contributed by atoms with Crippen molar-refractivity contribution in [3.8, 4) is 0 Å². The monoisotopic (exact) mass is 224 g/mol. The van der Waals surface area contributed by atoms with E-state index in [1.807, 2.05) is 0 Å². The Morgan fingerprint density at radius 2 is 2.31 bits per heavy atom. The van der Waals surface area contributed by atoms with Crippen LogP contribution in [0.1, 0.15) is 19.3 Å². The molecule has 1 amide bonds. The van der Waals surface area contributed by atoms with Crippen molar-refractivity contribution in [2.45, 2.75) is 31.8 Å². The first-order chi connectivity index (χ1) is 7.84. The van der Waals surface area contributed by atoms with Crippen LogP contribution in [-0.4, -0.2) is 45.2 Å². The van der Waals surface area contributed by atoms with Gasteiger partial charge in [0.05, 0.1) is 0 Å². The van der Waals surface area contributed by atoms with Gasteiger partial charge in [0.1, 0.15) is 12.9 Å². The van der Waals surface area contributed by atoms with E-state index in [2.05, 4.69) is 26.2 Å². The predicted molar refractivity (Wildman–Crippen MR) is 56.5 cm³/mol. The Labute approximate surface area is 93.6 Å². The van der Waals surface area contributed by atoms with Crippen LogP contribution in [-0.2, 0) is 11.3 Å². The summed E-state index contributed by atoms with van der Waals surface area (Å²) < 4.78 is 1.40. The molecule has 7 nitrogen and oxygen atoms in total. The Morgan fingerprint density at radius 3 is 3.00 bits per heavy atom. The summed E-state index contributed by atoms with van der Waals surface area (Å²) in [5.41, 5.74) is 0. The highest BCUT2D eigenvalue weighted by Gasteiger charge is 2.19. The van der Waals surface area contributed by atoms with Gasteiger partial charge in [-0.1, -0.05) is 0 Å². The molecule has 1 saturated carbocycles. The Bertz CT molecular complexity index is 321. The molecule has 0 saturated heterocycles. The number of amides is 1. The summed E-state index contributed by atoms with van der Waals surface area (Å²) in [5.74, 6) is -0.0567. The van der Waals surface area contributed by atoms with Crippen molar-refractivity contribution in [3.05, 3.63) is 6.33 Å². The molecule has 0 bridgehead atoms. The van der Waals surface area contributed by atoms with Gasteiger partial charge in [0.2, 0.25) is 5.91 Å². The van der Waals surface area contributed by atoms with Gasteiger partial charge in [-0.15, -0.1) is 5.10 Å². The largest absolute Gasteiger partial charge is 0.354 e. The van der Waals surface area contributed by atoms with Crippen molar-refractivity contribution in [1.29, 1.82) is 0 Å². The number of carbonyl (C=O) groups excluding carboxylic acids is 1. The third kappa shape index (κ3) is 3.93. The molecule has 1 aliphatic carbocycles. The lowest BCUT2D eigenvalue weighted by Gasteiger charge is -2.05. The van der Waals surface area contributed by atoms with Gasteiger partial charge in [-0.3, -0.25) is 4.79 Å². The molecule has 7 heteroatoms. The Kier molecular flexibility index (Phi) is 3.81. The molecule has 88 valence electrons. The fraction of sp³-hybridized carbons (Fsp3) is 0.778. The van der Waals surface area contributed by atoms with Crippen molar-refractivity contribution < 1.29 is 4.79 Å². The molecule has 0 unspecified atom stereocenters. The minimum absolute atomic E-state index is 0.0567. The van der Waals surface area contributed by atoms with Crippen LogP contribution in [0.3, 0.4) is 0 Å². The van der Waals surface area contributed by atoms with Crippen LogP contribution in [0, 0.1) is 0 Å². The first kappa shape index (κ1) is 11.0. The molecule has 1 aromatic heterocycles. The van der Waals surface area contributed by atoms with E-state index in [1.54, 1.807) is 0 Å². The fourth-order valence-corrected chi connectivity index (χ4v) is 1.37. The Morgan fingerprint density at radius 1 is 1.44 bits per heavy atom. The highest BCUT2D eigenvalue weighted by molar-refractivity contribution is 5.75. The van der Waals surface area contributed by atoms with E-state index in [0.717, 1.165) is 19.0 Å². The van der Waals surface area contributed by atoms with Gasteiger partial charge in [0.15, 0.2) is 0 Å². The number of nitrogens with one attached hydrogen (secondary N) is 2. The molecule has 1 heterocycles. The number of rotatable bonds is 7. The number of tetrazole rings is 1. The standard InChI is InChI=1S/C9H16N6O/c16-9(6-15-7-12-13-14-15)11-5-1-4-10-8-2-3-8/h7-8,10H,1-6H2,(H,11,16). The van der Waals surface area contributed by atoms with E-state index in [4.69, 9.17) is 0 Å². The Hall–Kier alpha value is -1.50. The minimum Gasteiger partial charge on any atom is -0.354 e. The molecule has 16 heavy (non-hydrogen) atoms. The minimum atomic E-state index is -0.0567. The highest BCUT2D eigenvalue weighted by atomic mass is 16.2. The van der Waals surface area contributed by atoms with Gasteiger partial charge in [0, 0.05) is 12.6 Å². The first-order valence-electron chi connectivity index (χ1n) is 5.55. The number of nitrogens with zero attached hydrogens (tertiary/aromatic N) is 4. The maximum Gasteiger partial charge on any atom is 0.241 e. The van der Waals surface area contributed by atoms with Crippen LogP contribution >= 0.6 is 0 Å². The normalized spacial score (nSPS) is 15.0. The van der Waals surface area contributed by atoms with Gasteiger partial charge in [-0.25, -0.2) is 4.68 Å². The third-order valence-corrected chi connectivity index (χ3v) is 2.38. The smallest absolute Gasteiger partial charge is 0.241 e. The van der Waals surface area contributed by atoms with Gasteiger partial charge >= 0.3 is 0 Å². The predicted octanol–water partition coefficient (Wildman–Crippen LogP) is -1.07. The average Bonchev–Trinajstić information content (AvgIpc) is 2.95. The summed E-state index contributed by atoms with van der Waals surface area (Å²) in [5, 5.41) is 16.7. The zero-order valence-electron chi connectivity index (χ0n) is 9.09. The fourth-order valence-electron chi connectivity index (χ4n) is 1.37. The van der Waals surface area contributed by atoms with Crippen LogP contribution in [0.5, 0.6) is 0 Å². The van der Waals surface area contributed by atoms with E-state index in [9.17, 15) is 4.79 Å². The second kappa shape index (κ2) is 5.55. The van der Waals surface area contributed by atoms with Crippen LogP contribution in [0.15, 0.2) is 6.33 Å². The summed E-state index contributed by atoms with van der Waals surface area (Å²) in [6.45, 7) is 1.85. The first-order valence-corrected chi connectivity index (χ1v) is 5.55. The molecule has 0 aromatic carbocycles. The average molecular weight is 224 g/mol. The SMILES string of the molecule is O=C(Cn1cnnn1)NCCCNC1CC1. The van der Waals surface area contributed by atoms with Gasteiger partial charge in [0.25, 0.3) is 0 Å². The van der Waals surface area contributed by atoms with Crippen molar-refractivity contribution in [3.63, 3.8) is 0 Å². The quantitative estimate of drug-likeness (QED) is 0.576. The molecule has 1 aromatic rings. The van der Waals surface area contributed by atoms with E-state index >= 15 is 0 Å². The molecule has 2 rings (SSSR count). The number of aromatic nitrogens is 4. The van der Waals surface area contributed by atoms with E-state index < -0.39 is 0 Å². The zero-order chi connectivity index (χ0) is 11.2. The molecule has 1 fully saturated rings. The summed E-state index contributed by atoms with van der Waals surface area (Å²) >= 11 is 0. The molecular weight excluding hydrogens is 208 g/mol. The molecular formula is C9H16N6O. The van der Waals surface area contributed by atoms with E-state index in [-0.39, 0.29) is 12.5 Å². The summed E-state index contributed by atoms with van der Waals surface area (Å²) in [6.07, 6.45) is 4.98. The number of carbonyl (C=O) groups is 1. The van der Waals surface area contributed by atoms with Crippen LogP contribution in [0.2, 0.25) is 0 Å². The summed E-state index contributed by atoms with van der Waals surface area (Å²) in [7, 11) is 0. The summed E-state index contributed by atoms with van der Waals surface area (Å²) in [6, 6.07) is 0.733. The molecule has 0 spiro atoms.